The van der Waals surface area contributed by atoms with E-state index in [9.17, 15) is 5.26 Å². The van der Waals surface area contributed by atoms with Gasteiger partial charge >= 0.3 is 0 Å². The van der Waals surface area contributed by atoms with Crippen LogP contribution < -0.4 is 0 Å². The molecule has 3 aromatic carbocycles. The molecule has 10 heteroatoms. The third kappa shape index (κ3) is 7.11. The van der Waals surface area contributed by atoms with Crippen molar-refractivity contribution in [1.29, 1.82) is 5.26 Å². The Morgan fingerprint density at radius 3 is 2.06 bits per heavy atom. The van der Waals surface area contributed by atoms with Gasteiger partial charge in [0.25, 0.3) is 0 Å². The Morgan fingerprint density at radius 2 is 1.20 bits per heavy atom. The van der Waals surface area contributed by atoms with E-state index < -0.39 is 0 Å². The number of imidazole rings is 1. The van der Waals surface area contributed by atoms with Gasteiger partial charge < -0.3 is 0 Å². The van der Waals surface area contributed by atoms with E-state index in [-0.39, 0.29) is 5.92 Å². The summed E-state index contributed by atoms with van der Waals surface area (Å²) < 4.78 is 3.68. The molecule has 0 saturated heterocycles. The summed E-state index contributed by atoms with van der Waals surface area (Å²) in [6.45, 7) is 0. The van der Waals surface area contributed by atoms with Crippen molar-refractivity contribution >= 4 is 11.3 Å². The average Bonchev–Trinajstić information content (AvgIpc) is 4.30. The van der Waals surface area contributed by atoms with Crippen LogP contribution in [0.2, 0.25) is 0 Å². The van der Waals surface area contributed by atoms with Crippen LogP contribution in [0.1, 0.15) is 74.9 Å². The van der Waals surface area contributed by atoms with Crippen molar-refractivity contribution in [2.75, 3.05) is 0 Å². The van der Waals surface area contributed by atoms with E-state index >= 15 is 0 Å². The summed E-state index contributed by atoms with van der Waals surface area (Å²) in [6, 6.07) is 44.1. The van der Waals surface area contributed by atoms with E-state index in [4.69, 9.17) is 15.0 Å². The first-order valence-electron chi connectivity index (χ1n) is 24.5. The fraction of sp³-hybridized carbons (Fsp3) is 0.148. The van der Waals surface area contributed by atoms with Gasteiger partial charge in [-0.15, -0.1) is 0 Å². The zero-order chi connectivity index (χ0) is 47.0. The molecule has 0 bridgehead atoms. The van der Waals surface area contributed by atoms with Crippen molar-refractivity contribution in [3.8, 4) is 73.2 Å². The number of pyridine rings is 6. The van der Waals surface area contributed by atoms with E-state index in [0.29, 0.717) is 11.6 Å². The molecule has 0 amide bonds. The maximum atomic E-state index is 9.70. The van der Waals surface area contributed by atoms with Crippen LogP contribution >= 0.6 is 0 Å². The zero-order valence-electron chi connectivity index (χ0n) is 38.7. The van der Waals surface area contributed by atoms with Crippen molar-refractivity contribution in [2.24, 2.45) is 0 Å². The number of fused-ring (bicyclic) bond motifs is 5. The number of hydrogen-bond donors (Lipinski definition) is 0. The van der Waals surface area contributed by atoms with Gasteiger partial charge in [-0.1, -0.05) is 42.5 Å². The Hall–Kier alpha value is -8.94. The summed E-state index contributed by atoms with van der Waals surface area (Å²) in [7, 11) is 0. The number of nitrogens with zero attached hydrogens (tertiary/aromatic N) is 10. The van der Waals surface area contributed by atoms with E-state index in [1.165, 1.54) is 56.5 Å². The molecule has 0 spiro atoms. The molecule has 3 aliphatic rings. The number of hydrogen-bond acceptors (Lipinski definition) is 8. The Bertz CT molecular complexity index is 3970. The lowest BCUT2D eigenvalue weighted by Gasteiger charge is -2.17. The van der Waals surface area contributed by atoms with Crippen molar-refractivity contribution in [3.05, 3.63) is 221 Å². The molecule has 0 aliphatic heterocycles. The van der Waals surface area contributed by atoms with Gasteiger partial charge in [0.2, 0.25) is 0 Å². The standard InChI is InChI=1S/C61H44N10/c62-30-51-33-65-57-16-12-45(34-70(51)57)54-5-2-20-64-59(54)44-11-15-52-41(25-44)10-14-53(52)50-29-56(46-13-17-58-68-36-69-71(58)35-46)61(67-32-50)43-9-7-40-24-48(27-47(40)26-43)49-28-55(38-18-21-63-22-19-38)60(66-31-49)42-8-6-37-3-1-4-39(37)23-42/h2,5-9,11-13,15-23,25-26,28-29,31-36,48,53H,1,3-4,10,14,24,27H2. The molecule has 8 heterocycles. The minimum absolute atomic E-state index is 0.186. The van der Waals surface area contributed by atoms with Crippen LogP contribution in [-0.2, 0) is 32.1 Å². The monoisotopic (exact) mass is 916 g/mol. The predicted octanol–water partition coefficient (Wildman–Crippen LogP) is 12.3. The van der Waals surface area contributed by atoms with Crippen molar-refractivity contribution < 1.29 is 0 Å². The SMILES string of the molecule is N#Cc1cnc2ccc(-c3cccnc3-c3ccc4c(c3)CCC4c3cnc(-c4ccc5c(c4)CC(c4cnc(-c6ccc7c(c6)CCC7)c(-c6ccncc6)c4)C5)c(-c4ccc5ncnn5c4)c3)cn12. The largest absolute Gasteiger partial charge is 0.291 e. The highest BCUT2D eigenvalue weighted by Crippen LogP contribution is 2.45. The number of nitriles is 1. The summed E-state index contributed by atoms with van der Waals surface area (Å²) >= 11 is 0. The zero-order valence-corrected chi connectivity index (χ0v) is 38.7. The molecule has 10 nitrogen and oxygen atoms in total. The van der Waals surface area contributed by atoms with Gasteiger partial charge in [0.15, 0.2) is 5.65 Å². The van der Waals surface area contributed by atoms with Gasteiger partial charge in [0.05, 0.1) is 23.3 Å². The lowest BCUT2D eigenvalue weighted by Crippen LogP contribution is -2.01. The molecule has 338 valence electrons. The van der Waals surface area contributed by atoms with E-state index in [1.54, 1.807) is 12.5 Å². The van der Waals surface area contributed by atoms with Crippen LogP contribution in [-0.4, -0.2) is 43.9 Å². The molecule has 11 aromatic rings. The lowest BCUT2D eigenvalue weighted by atomic mass is 9.89. The Labute approximate surface area is 410 Å². The topological polar surface area (TPSA) is 123 Å². The second-order valence-corrected chi connectivity index (χ2v) is 19.3. The highest BCUT2D eigenvalue weighted by atomic mass is 15.3. The number of rotatable bonds is 8. The van der Waals surface area contributed by atoms with Crippen LogP contribution in [0.4, 0.5) is 0 Å². The number of benzene rings is 3. The van der Waals surface area contributed by atoms with E-state index in [1.807, 2.05) is 51.9 Å². The molecule has 8 aromatic heterocycles. The first kappa shape index (κ1) is 41.1. The molecule has 3 aliphatic carbocycles. The fourth-order valence-corrected chi connectivity index (χ4v) is 11.7. The lowest BCUT2D eigenvalue weighted by molar-refractivity contribution is 0.738. The van der Waals surface area contributed by atoms with Crippen LogP contribution in [0.3, 0.4) is 0 Å². The smallest absolute Gasteiger partial charge is 0.155 e. The van der Waals surface area contributed by atoms with Gasteiger partial charge in [0, 0.05) is 93.8 Å². The molecular formula is C61H44N10. The Balaban J connectivity index is 0.789. The first-order chi connectivity index (χ1) is 35.1. The molecule has 71 heavy (non-hydrogen) atoms. The van der Waals surface area contributed by atoms with Gasteiger partial charge in [-0.05, 0) is 174 Å². The first-order valence-corrected chi connectivity index (χ1v) is 24.5. The highest BCUT2D eigenvalue weighted by Gasteiger charge is 2.29. The molecule has 0 N–H and O–H groups in total. The average molecular weight is 917 g/mol. The molecule has 2 atom stereocenters. The summed E-state index contributed by atoms with van der Waals surface area (Å²) in [6.07, 6.45) is 24.4. The molecular weight excluding hydrogens is 873 g/mol. The molecule has 0 fully saturated rings. The van der Waals surface area contributed by atoms with Crippen molar-refractivity contribution in [3.63, 3.8) is 0 Å². The second kappa shape index (κ2) is 16.6. The minimum atomic E-state index is 0.186. The van der Waals surface area contributed by atoms with E-state index in [2.05, 4.69) is 142 Å². The van der Waals surface area contributed by atoms with Gasteiger partial charge in [-0.2, -0.15) is 10.4 Å². The normalized spacial score (nSPS) is 15.8. The Kier molecular flexibility index (Phi) is 9.62. The van der Waals surface area contributed by atoms with Crippen molar-refractivity contribution in [2.45, 2.75) is 56.8 Å². The molecule has 0 radical (unpaired) electrons. The summed E-state index contributed by atoms with van der Waals surface area (Å²) in [4.78, 5) is 28.7. The van der Waals surface area contributed by atoms with Crippen LogP contribution in [0.5, 0.6) is 0 Å². The maximum Gasteiger partial charge on any atom is 0.155 e. The summed E-state index contributed by atoms with van der Waals surface area (Å²) in [5.74, 6) is 0.495. The van der Waals surface area contributed by atoms with Crippen LogP contribution in [0, 0.1) is 11.3 Å². The number of aromatic nitrogens is 9. The quantitative estimate of drug-likeness (QED) is 0.148. The van der Waals surface area contributed by atoms with Crippen molar-refractivity contribution in [1.82, 2.24) is 43.9 Å². The third-order valence-electron chi connectivity index (χ3n) is 15.3. The van der Waals surface area contributed by atoms with Crippen LogP contribution in [0.25, 0.3) is 78.4 Å². The van der Waals surface area contributed by atoms with Gasteiger partial charge in [-0.3, -0.25) is 24.3 Å². The molecule has 2 unspecified atom stereocenters. The highest BCUT2D eigenvalue weighted by molar-refractivity contribution is 5.84. The summed E-state index contributed by atoms with van der Waals surface area (Å²) in [5.41, 5.74) is 25.4. The van der Waals surface area contributed by atoms with Crippen LogP contribution in [0.15, 0.2) is 171 Å². The third-order valence-corrected chi connectivity index (χ3v) is 15.3. The Morgan fingerprint density at radius 1 is 0.507 bits per heavy atom. The number of aryl methyl sites for hydroxylation is 3. The van der Waals surface area contributed by atoms with Gasteiger partial charge in [-0.25, -0.2) is 14.5 Å². The summed E-state index contributed by atoms with van der Waals surface area (Å²) in [5, 5.41) is 14.2. The molecule has 14 rings (SSSR count). The second-order valence-electron chi connectivity index (χ2n) is 19.3. The van der Waals surface area contributed by atoms with Gasteiger partial charge in [0.1, 0.15) is 23.7 Å². The maximum absolute atomic E-state index is 9.70. The fourth-order valence-electron chi connectivity index (χ4n) is 11.7. The predicted molar refractivity (Wildman–Crippen MR) is 275 cm³/mol. The minimum Gasteiger partial charge on any atom is -0.291 e. The molecule has 0 saturated carbocycles. The van der Waals surface area contributed by atoms with E-state index in [0.717, 1.165) is 111 Å².